The van der Waals surface area contributed by atoms with Crippen molar-refractivity contribution in [2.75, 3.05) is 0 Å². The highest BCUT2D eigenvalue weighted by atomic mass is 15.3. The van der Waals surface area contributed by atoms with Crippen LogP contribution in [0.5, 0.6) is 0 Å². The van der Waals surface area contributed by atoms with Crippen LogP contribution >= 0.6 is 0 Å². The number of nitrogens with zero attached hydrogens (tertiary/aromatic N) is 4. The molecule has 0 unspecified atom stereocenters. The van der Waals surface area contributed by atoms with Gasteiger partial charge in [-0.2, -0.15) is 10.2 Å². The molecule has 2 rings (SSSR count). The van der Waals surface area contributed by atoms with Crippen molar-refractivity contribution >= 4 is 0 Å². The summed E-state index contributed by atoms with van der Waals surface area (Å²) in [6.45, 7) is 10.5. The van der Waals surface area contributed by atoms with E-state index in [0.717, 1.165) is 0 Å². The second-order valence-electron chi connectivity index (χ2n) is 4.67. The molecule has 4 nitrogen and oxygen atoms in total. The van der Waals surface area contributed by atoms with Crippen molar-refractivity contribution in [3.8, 4) is 0 Å². The minimum Gasteiger partial charge on any atom is -0.270 e. The number of aryl methyl sites for hydroxylation is 1. The topological polar surface area (TPSA) is 35.6 Å². The summed E-state index contributed by atoms with van der Waals surface area (Å²) in [7, 11) is 0. The first-order chi connectivity index (χ1) is 8.00. The Morgan fingerprint density at radius 1 is 1.00 bits per heavy atom. The summed E-state index contributed by atoms with van der Waals surface area (Å²) >= 11 is 0. The van der Waals surface area contributed by atoms with E-state index in [4.69, 9.17) is 0 Å². The van der Waals surface area contributed by atoms with Gasteiger partial charge in [-0.15, -0.1) is 0 Å². The molecule has 94 valence electrons. The zero-order chi connectivity index (χ0) is 12.8. The molecule has 0 atom stereocenters. The van der Waals surface area contributed by atoms with Gasteiger partial charge in [-0.25, -0.2) is 0 Å². The molecule has 4 heteroatoms. The van der Waals surface area contributed by atoms with Gasteiger partial charge in [-0.05, 0) is 46.2 Å². The van der Waals surface area contributed by atoms with Crippen LogP contribution in [0.4, 0.5) is 0 Å². The number of hydrogen-bond acceptors (Lipinski definition) is 2. The Balaban J connectivity index is 0.000000171. The van der Waals surface area contributed by atoms with Crippen LogP contribution in [0.1, 0.15) is 45.3 Å². The van der Waals surface area contributed by atoms with Crippen LogP contribution in [0.3, 0.4) is 0 Å². The van der Waals surface area contributed by atoms with Gasteiger partial charge in [0.25, 0.3) is 0 Å². The van der Waals surface area contributed by atoms with Crippen molar-refractivity contribution in [3.63, 3.8) is 0 Å². The molecule has 0 fully saturated rings. The molecule has 0 aliphatic rings. The lowest BCUT2D eigenvalue weighted by Gasteiger charge is -2.02. The van der Waals surface area contributed by atoms with Crippen LogP contribution in [0, 0.1) is 6.92 Å². The molecule has 0 spiro atoms. The van der Waals surface area contributed by atoms with Gasteiger partial charge in [0.2, 0.25) is 0 Å². The van der Waals surface area contributed by atoms with Crippen molar-refractivity contribution in [2.45, 2.75) is 46.7 Å². The molecule has 0 saturated carbocycles. The summed E-state index contributed by atoms with van der Waals surface area (Å²) in [5.74, 6) is 0. The molecule has 17 heavy (non-hydrogen) atoms. The third-order valence-electron chi connectivity index (χ3n) is 2.31. The van der Waals surface area contributed by atoms with E-state index >= 15 is 0 Å². The molecule has 0 N–H and O–H groups in total. The van der Waals surface area contributed by atoms with Gasteiger partial charge in [-0.1, -0.05) is 0 Å². The quantitative estimate of drug-likeness (QED) is 0.799. The van der Waals surface area contributed by atoms with Crippen LogP contribution in [-0.4, -0.2) is 19.6 Å². The van der Waals surface area contributed by atoms with E-state index in [2.05, 4.69) is 37.9 Å². The normalized spacial score (nSPS) is 10.5. The lowest BCUT2D eigenvalue weighted by molar-refractivity contribution is 0.532. The zero-order valence-electron chi connectivity index (χ0n) is 11.3. The molecule has 0 aliphatic heterocycles. The molecule has 2 aromatic rings. The standard InChI is InChI=1S/C7H12N2.C6H10N2/c1-6(2)9-5-7(3)4-8-9;1-6(2)8-5-3-4-7-8/h4-6H,1-3H3;3-6H,1-2H3. The fourth-order valence-electron chi connectivity index (χ4n) is 1.30. The van der Waals surface area contributed by atoms with Crippen LogP contribution < -0.4 is 0 Å². The van der Waals surface area contributed by atoms with E-state index in [1.807, 2.05) is 40.9 Å². The monoisotopic (exact) mass is 234 g/mol. The largest absolute Gasteiger partial charge is 0.270 e. The molecule has 2 heterocycles. The maximum atomic E-state index is 4.13. The first-order valence-electron chi connectivity index (χ1n) is 6.00. The molecule has 0 radical (unpaired) electrons. The third kappa shape index (κ3) is 4.43. The molecular formula is C13H22N4. The van der Waals surface area contributed by atoms with Crippen molar-refractivity contribution in [1.29, 1.82) is 0 Å². The van der Waals surface area contributed by atoms with Crippen molar-refractivity contribution in [2.24, 2.45) is 0 Å². The van der Waals surface area contributed by atoms with Gasteiger partial charge < -0.3 is 0 Å². The van der Waals surface area contributed by atoms with Gasteiger partial charge in [0.15, 0.2) is 0 Å². The molecule has 0 aromatic carbocycles. The smallest absolute Gasteiger partial charge is 0.0519 e. The first-order valence-corrected chi connectivity index (χ1v) is 6.00. The van der Waals surface area contributed by atoms with E-state index in [0.29, 0.717) is 12.1 Å². The van der Waals surface area contributed by atoms with E-state index in [1.54, 1.807) is 6.20 Å². The minimum absolute atomic E-state index is 0.485. The van der Waals surface area contributed by atoms with E-state index in [9.17, 15) is 0 Å². The lowest BCUT2D eigenvalue weighted by atomic mass is 10.4. The van der Waals surface area contributed by atoms with Gasteiger partial charge >= 0.3 is 0 Å². The fraction of sp³-hybridized carbons (Fsp3) is 0.538. The number of aromatic nitrogens is 4. The highest BCUT2D eigenvalue weighted by molar-refractivity contribution is 4.99. The zero-order valence-corrected chi connectivity index (χ0v) is 11.3. The van der Waals surface area contributed by atoms with E-state index in [1.165, 1.54) is 5.56 Å². The first kappa shape index (κ1) is 13.5. The van der Waals surface area contributed by atoms with E-state index in [-0.39, 0.29) is 0 Å². The summed E-state index contributed by atoms with van der Waals surface area (Å²) in [5.41, 5.74) is 1.23. The molecule has 0 saturated heterocycles. The Morgan fingerprint density at radius 2 is 1.65 bits per heavy atom. The molecular weight excluding hydrogens is 212 g/mol. The second kappa shape index (κ2) is 6.23. The second-order valence-corrected chi connectivity index (χ2v) is 4.67. The Morgan fingerprint density at radius 3 is 1.88 bits per heavy atom. The maximum Gasteiger partial charge on any atom is 0.0519 e. The summed E-state index contributed by atoms with van der Waals surface area (Å²) in [4.78, 5) is 0. The van der Waals surface area contributed by atoms with Crippen LogP contribution in [0.25, 0.3) is 0 Å². The molecule has 2 aromatic heterocycles. The maximum absolute atomic E-state index is 4.13. The van der Waals surface area contributed by atoms with Gasteiger partial charge in [0.05, 0.1) is 6.20 Å². The van der Waals surface area contributed by atoms with Crippen molar-refractivity contribution in [1.82, 2.24) is 19.6 Å². The average Bonchev–Trinajstić information content (AvgIpc) is 2.87. The Hall–Kier alpha value is -1.58. The molecule has 0 aliphatic carbocycles. The summed E-state index contributed by atoms with van der Waals surface area (Å²) in [6, 6.07) is 2.91. The van der Waals surface area contributed by atoms with Crippen LogP contribution in [0.2, 0.25) is 0 Å². The van der Waals surface area contributed by atoms with Gasteiger partial charge in [0, 0.05) is 30.7 Å². The number of rotatable bonds is 2. The van der Waals surface area contributed by atoms with E-state index < -0.39 is 0 Å². The highest BCUT2D eigenvalue weighted by Gasteiger charge is 1.95. The molecule has 0 amide bonds. The van der Waals surface area contributed by atoms with Crippen LogP contribution in [0.15, 0.2) is 30.9 Å². The number of hydrogen-bond donors (Lipinski definition) is 0. The fourth-order valence-corrected chi connectivity index (χ4v) is 1.30. The third-order valence-corrected chi connectivity index (χ3v) is 2.31. The van der Waals surface area contributed by atoms with Crippen molar-refractivity contribution in [3.05, 3.63) is 36.4 Å². The summed E-state index contributed by atoms with van der Waals surface area (Å²) in [6.07, 6.45) is 7.68. The predicted molar refractivity (Wildman–Crippen MR) is 70.0 cm³/mol. The van der Waals surface area contributed by atoms with Crippen LogP contribution in [-0.2, 0) is 0 Å². The SMILES string of the molecule is CC(C)n1cccn1.Cc1cnn(C(C)C)c1. The highest BCUT2D eigenvalue weighted by Crippen LogP contribution is 2.02. The van der Waals surface area contributed by atoms with Crippen molar-refractivity contribution < 1.29 is 0 Å². The Bertz CT molecular complexity index is 412. The molecule has 0 bridgehead atoms. The lowest BCUT2D eigenvalue weighted by Crippen LogP contribution is -1.99. The minimum atomic E-state index is 0.485. The summed E-state index contributed by atoms with van der Waals surface area (Å²) in [5, 5.41) is 8.16. The van der Waals surface area contributed by atoms with Gasteiger partial charge in [-0.3, -0.25) is 9.36 Å². The summed E-state index contributed by atoms with van der Waals surface area (Å²) < 4.78 is 3.87. The predicted octanol–water partition coefficient (Wildman–Crippen LogP) is 3.24. The Kier molecular flexibility index (Phi) is 4.94. The Labute approximate surface area is 103 Å². The average molecular weight is 234 g/mol. The van der Waals surface area contributed by atoms with Gasteiger partial charge in [0.1, 0.15) is 0 Å².